The Morgan fingerprint density at radius 2 is 2.08 bits per heavy atom. The van der Waals surface area contributed by atoms with Crippen molar-refractivity contribution in [2.24, 2.45) is 0 Å². The van der Waals surface area contributed by atoms with E-state index in [1.54, 1.807) is 6.07 Å². The molecule has 0 fully saturated rings. The van der Waals surface area contributed by atoms with Crippen molar-refractivity contribution in [3.8, 4) is 5.75 Å². The molecule has 1 amide bonds. The number of amides is 1. The van der Waals surface area contributed by atoms with Gasteiger partial charge >= 0.3 is 0 Å². The Hall–Kier alpha value is -2.67. The quantitative estimate of drug-likeness (QED) is 0.703. The van der Waals surface area contributed by atoms with E-state index in [0.717, 1.165) is 23.6 Å². The average Bonchev–Trinajstić information content (AvgIpc) is 3.23. The minimum absolute atomic E-state index is 0.221. The summed E-state index contributed by atoms with van der Waals surface area (Å²) >= 11 is 1.37. The number of rotatable bonds is 7. The van der Waals surface area contributed by atoms with Gasteiger partial charge in [-0.1, -0.05) is 36.5 Å². The van der Waals surface area contributed by atoms with E-state index >= 15 is 0 Å². The predicted octanol–water partition coefficient (Wildman–Crippen LogP) is 3.91. The van der Waals surface area contributed by atoms with E-state index in [-0.39, 0.29) is 18.3 Å². The molecular formula is C17H17N3O3S. The number of nitrogens with zero attached hydrogens (tertiary/aromatic N) is 2. The lowest BCUT2D eigenvalue weighted by Gasteiger charge is -2.06. The summed E-state index contributed by atoms with van der Waals surface area (Å²) in [6.07, 6.45) is 3.31. The number of aromatic nitrogens is 2. The summed E-state index contributed by atoms with van der Waals surface area (Å²) in [5, 5.41) is 12.1. The van der Waals surface area contributed by atoms with Crippen LogP contribution in [0, 0.1) is 0 Å². The molecule has 6 nitrogen and oxygen atoms in total. The SMILES string of the molecule is CCCc1nnc(NC(=O)c2occc2COc2ccccc2)s1. The zero-order chi connectivity index (χ0) is 16.8. The van der Waals surface area contributed by atoms with E-state index in [2.05, 4.69) is 22.4 Å². The van der Waals surface area contributed by atoms with Gasteiger partial charge < -0.3 is 9.15 Å². The van der Waals surface area contributed by atoms with E-state index in [1.165, 1.54) is 17.6 Å². The maximum absolute atomic E-state index is 12.4. The Morgan fingerprint density at radius 1 is 1.25 bits per heavy atom. The standard InChI is InChI=1S/C17H17N3O3S/c1-2-6-14-19-20-17(24-14)18-16(21)15-12(9-10-22-15)11-23-13-7-4-3-5-8-13/h3-5,7-10H,2,6,11H2,1H3,(H,18,20,21). The largest absolute Gasteiger partial charge is 0.489 e. The minimum Gasteiger partial charge on any atom is -0.489 e. The van der Waals surface area contributed by atoms with Gasteiger partial charge in [-0.15, -0.1) is 10.2 Å². The van der Waals surface area contributed by atoms with Crippen molar-refractivity contribution in [2.45, 2.75) is 26.4 Å². The third-order valence-electron chi connectivity index (χ3n) is 3.24. The molecule has 124 valence electrons. The van der Waals surface area contributed by atoms with Crippen molar-refractivity contribution in [2.75, 3.05) is 5.32 Å². The molecule has 0 aliphatic heterocycles. The highest BCUT2D eigenvalue weighted by Crippen LogP contribution is 2.20. The highest BCUT2D eigenvalue weighted by atomic mass is 32.1. The Labute approximate surface area is 143 Å². The first kappa shape index (κ1) is 16.2. The molecule has 0 spiro atoms. The normalized spacial score (nSPS) is 10.5. The van der Waals surface area contributed by atoms with Crippen LogP contribution in [0.3, 0.4) is 0 Å². The van der Waals surface area contributed by atoms with Crippen LogP contribution in [-0.2, 0) is 13.0 Å². The average molecular weight is 343 g/mol. The van der Waals surface area contributed by atoms with Crippen LogP contribution >= 0.6 is 11.3 Å². The van der Waals surface area contributed by atoms with Crippen LogP contribution in [0.25, 0.3) is 0 Å². The monoisotopic (exact) mass is 343 g/mol. The summed E-state index contributed by atoms with van der Waals surface area (Å²) in [6.45, 7) is 2.32. The van der Waals surface area contributed by atoms with Gasteiger partial charge in [-0.05, 0) is 24.6 Å². The van der Waals surface area contributed by atoms with E-state index in [4.69, 9.17) is 9.15 Å². The second-order valence-corrected chi connectivity index (χ2v) is 6.14. The van der Waals surface area contributed by atoms with Gasteiger partial charge in [0, 0.05) is 12.0 Å². The lowest BCUT2D eigenvalue weighted by molar-refractivity contribution is 0.0993. The summed E-state index contributed by atoms with van der Waals surface area (Å²) in [5.74, 6) is 0.599. The predicted molar refractivity (Wildman–Crippen MR) is 91.3 cm³/mol. The fourth-order valence-electron chi connectivity index (χ4n) is 2.10. The minimum atomic E-state index is -0.356. The molecular weight excluding hydrogens is 326 g/mol. The first-order valence-corrected chi connectivity index (χ1v) is 8.46. The number of anilines is 1. The molecule has 0 radical (unpaired) electrons. The summed E-state index contributed by atoms with van der Waals surface area (Å²) in [5.41, 5.74) is 0.676. The zero-order valence-electron chi connectivity index (χ0n) is 13.2. The van der Waals surface area contributed by atoms with Crippen molar-refractivity contribution in [3.05, 3.63) is 59.0 Å². The van der Waals surface area contributed by atoms with Crippen molar-refractivity contribution >= 4 is 22.4 Å². The number of carbonyl (C=O) groups is 1. The Bertz CT molecular complexity index is 798. The number of hydrogen-bond donors (Lipinski definition) is 1. The molecule has 0 aliphatic carbocycles. The smallest absolute Gasteiger partial charge is 0.293 e. The summed E-state index contributed by atoms with van der Waals surface area (Å²) in [6, 6.07) is 11.1. The van der Waals surface area contributed by atoms with Gasteiger partial charge in [0.15, 0.2) is 5.76 Å². The van der Waals surface area contributed by atoms with Gasteiger partial charge in [-0.2, -0.15) is 0 Å². The maximum Gasteiger partial charge on any atom is 0.293 e. The zero-order valence-corrected chi connectivity index (χ0v) is 14.0. The fourth-order valence-corrected chi connectivity index (χ4v) is 2.94. The molecule has 1 N–H and O–H groups in total. The molecule has 0 unspecified atom stereocenters. The molecule has 0 bridgehead atoms. The van der Waals surface area contributed by atoms with Crippen LogP contribution in [0.1, 0.15) is 34.5 Å². The van der Waals surface area contributed by atoms with Crippen molar-refractivity contribution in [3.63, 3.8) is 0 Å². The molecule has 1 aromatic carbocycles. The number of benzene rings is 1. The van der Waals surface area contributed by atoms with Crippen LogP contribution in [-0.4, -0.2) is 16.1 Å². The van der Waals surface area contributed by atoms with Crippen molar-refractivity contribution in [1.82, 2.24) is 10.2 Å². The Morgan fingerprint density at radius 3 is 2.88 bits per heavy atom. The molecule has 2 heterocycles. The van der Waals surface area contributed by atoms with E-state index < -0.39 is 0 Å². The van der Waals surface area contributed by atoms with Crippen LogP contribution in [0.5, 0.6) is 5.75 Å². The molecule has 7 heteroatoms. The van der Waals surface area contributed by atoms with Gasteiger partial charge in [0.05, 0.1) is 6.26 Å². The van der Waals surface area contributed by atoms with Gasteiger partial charge in [-0.25, -0.2) is 0 Å². The number of ether oxygens (including phenoxy) is 1. The van der Waals surface area contributed by atoms with Crippen LogP contribution in [0.15, 0.2) is 47.1 Å². The van der Waals surface area contributed by atoms with Gasteiger partial charge in [0.25, 0.3) is 5.91 Å². The molecule has 0 aliphatic rings. The number of carbonyl (C=O) groups excluding carboxylic acids is 1. The first-order valence-electron chi connectivity index (χ1n) is 7.64. The van der Waals surface area contributed by atoms with Gasteiger partial charge in [0.2, 0.25) is 5.13 Å². The molecule has 0 saturated heterocycles. The molecule has 0 atom stereocenters. The molecule has 2 aromatic heterocycles. The summed E-state index contributed by atoms with van der Waals surface area (Å²) in [4.78, 5) is 12.4. The van der Waals surface area contributed by atoms with Gasteiger partial charge in [-0.3, -0.25) is 10.1 Å². The molecule has 0 saturated carbocycles. The van der Waals surface area contributed by atoms with E-state index in [9.17, 15) is 4.79 Å². The van der Waals surface area contributed by atoms with Crippen molar-refractivity contribution in [1.29, 1.82) is 0 Å². The Balaban J connectivity index is 1.64. The lowest BCUT2D eigenvalue weighted by atomic mass is 10.2. The van der Waals surface area contributed by atoms with E-state index in [0.29, 0.717) is 10.7 Å². The van der Waals surface area contributed by atoms with Crippen LogP contribution < -0.4 is 10.1 Å². The Kier molecular flexibility index (Phi) is 5.22. The molecule has 24 heavy (non-hydrogen) atoms. The second kappa shape index (κ2) is 7.74. The number of aryl methyl sites for hydroxylation is 1. The number of furan rings is 1. The highest BCUT2D eigenvalue weighted by molar-refractivity contribution is 7.15. The summed E-state index contributed by atoms with van der Waals surface area (Å²) in [7, 11) is 0. The summed E-state index contributed by atoms with van der Waals surface area (Å²) < 4.78 is 11.0. The number of nitrogens with one attached hydrogen (secondary N) is 1. The molecule has 3 rings (SSSR count). The van der Waals surface area contributed by atoms with Crippen molar-refractivity contribution < 1.29 is 13.9 Å². The molecule has 3 aromatic rings. The van der Waals surface area contributed by atoms with Gasteiger partial charge in [0.1, 0.15) is 17.4 Å². The maximum atomic E-state index is 12.4. The van der Waals surface area contributed by atoms with Crippen LogP contribution in [0.4, 0.5) is 5.13 Å². The highest BCUT2D eigenvalue weighted by Gasteiger charge is 2.18. The second-order valence-electron chi connectivity index (χ2n) is 5.08. The first-order chi connectivity index (χ1) is 11.8. The number of hydrogen-bond acceptors (Lipinski definition) is 6. The topological polar surface area (TPSA) is 77.3 Å². The lowest BCUT2D eigenvalue weighted by Crippen LogP contribution is -2.13. The van der Waals surface area contributed by atoms with E-state index in [1.807, 2.05) is 30.3 Å². The third-order valence-corrected chi connectivity index (χ3v) is 4.14. The number of para-hydroxylation sites is 1. The fraction of sp³-hybridized carbons (Fsp3) is 0.235. The van der Waals surface area contributed by atoms with Crippen LogP contribution in [0.2, 0.25) is 0 Å². The third kappa shape index (κ3) is 3.99.